The van der Waals surface area contributed by atoms with Gasteiger partial charge in [-0.25, -0.2) is 13.4 Å². The fraction of sp³-hybridized carbons (Fsp3) is 0.294. The zero-order chi connectivity index (χ0) is 16.7. The van der Waals surface area contributed by atoms with E-state index in [0.717, 1.165) is 11.1 Å². The van der Waals surface area contributed by atoms with Crippen molar-refractivity contribution >= 4 is 21.6 Å². The number of anilines is 1. The lowest BCUT2D eigenvalue weighted by Gasteiger charge is -2.17. The molecule has 1 aromatic heterocycles. The van der Waals surface area contributed by atoms with Crippen molar-refractivity contribution in [2.75, 3.05) is 5.32 Å². The molecule has 1 aliphatic carbocycles. The fourth-order valence-electron chi connectivity index (χ4n) is 2.51. The molecule has 1 fully saturated rings. The van der Waals surface area contributed by atoms with Gasteiger partial charge in [-0.05, 0) is 50.5 Å². The monoisotopic (exact) mass is 330 g/mol. The van der Waals surface area contributed by atoms with E-state index in [9.17, 15) is 13.2 Å². The number of nitrogens with zero attached hydrogens (tertiary/aromatic N) is 1. The number of carbonyl (C=O) groups is 1. The number of nitrogens with one attached hydrogen (secondary N) is 1. The number of sulfone groups is 1. The summed E-state index contributed by atoms with van der Waals surface area (Å²) in [4.78, 5) is 16.9. The van der Waals surface area contributed by atoms with E-state index in [1.54, 1.807) is 36.5 Å². The summed E-state index contributed by atoms with van der Waals surface area (Å²) < 4.78 is 24.4. The SMILES string of the molecule is Cc1ccc(S(=O)(=O)C2(C(=O)Nc3ncccc3C)CC2)cc1. The number of benzene rings is 1. The molecular formula is C17H18N2O3S. The van der Waals surface area contributed by atoms with Gasteiger partial charge in [-0.2, -0.15) is 0 Å². The molecule has 1 amide bonds. The number of hydrogen-bond acceptors (Lipinski definition) is 4. The maximum Gasteiger partial charge on any atom is 0.247 e. The number of hydrogen-bond donors (Lipinski definition) is 1. The molecule has 120 valence electrons. The van der Waals surface area contributed by atoms with Gasteiger partial charge >= 0.3 is 0 Å². The minimum Gasteiger partial charge on any atom is -0.309 e. The summed E-state index contributed by atoms with van der Waals surface area (Å²) in [7, 11) is -3.72. The van der Waals surface area contributed by atoms with Crippen LogP contribution in [0, 0.1) is 13.8 Å². The van der Waals surface area contributed by atoms with Gasteiger partial charge in [0, 0.05) is 6.20 Å². The zero-order valence-corrected chi connectivity index (χ0v) is 13.9. The summed E-state index contributed by atoms with van der Waals surface area (Å²) in [5.74, 6) is -0.0947. The third-order valence-corrected chi connectivity index (χ3v) is 6.72. The van der Waals surface area contributed by atoms with Crippen molar-refractivity contribution in [2.45, 2.75) is 36.3 Å². The van der Waals surface area contributed by atoms with Crippen molar-refractivity contribution in [1.82, 2.24) is 4.98 Å². The average molecular weight is 330 g/mol. The molecule has 0 radical (unpaired) electrons. The molecule has 5 nitrogen and oxygen atoms in total. The smallest absolute Gasteiger partial charge is 0.247 e. The Kier molecular flexibility index (Phi) is 3.72. The second-order valence-corrected chi connectivity index (χ2v) is 8.19. The molecular weight excluding hydrogens is 312 g/mol. The summed E-state index contributed by atoms with van der Waals surface area (Å²) in [6, 6.07) is 10.2. The van der Waals surface area contributed by atoms with E-state index in [4.69, 9.17) is 0 Å². The third kappa shape index (κ3) is 2.63. The van der Waals surface area contributed by atoms with Gasteiger partial charge in [-0.15, -0.1) is 0 Å². The van der Waals surface area contributed by atoms with Crippen LogP contribution in [0.2, 0.25) is 0 Å². The number of carbonyl (C=O) groups excluding carboxylic acids is 1. The molecule has 1 N–H and O–H groups in total. The van der Waals surface area contributed by atoms with E-state index in [1.165, 1.54) is 0 Å². The van der Waals surface area contributed by atoms with E-state index in [-0.39, 0.29) is 4.90 Å². The zero-order valence-electron chi connectivity index (χ0n) is 13.0. The van der Waals surface area contributed by atoms with Gasteiger partial charge < -0.3 is 5.32 Å². The standard InChI is InChI=1S/C17H18N2O3S/c1-12-5-7-14(8-6-12)23(21,22)17(9-10-17)16(20)19-15-13(2)4-3-11-18-15/h3-8,11H,9-10H2,1-2H3,(H,18,19,20). The van der Waals surface area contributed by atoms with Crippen LogP contribution in [0.3, 0.4) is 0 Å². The highest BCUT2D eigenvalue weighted by atomic mass is 32.2. The quantitative estimate of drug-likeness (QED) is 0.935. The summed E-state index contributed by atoms with van der Waals surface area (Å²) in [5, 5.41) is 2.67. The first-order valence-corrected chi connectivity index (χ1v) is 8.89. The Balaban J connectivity index is 1.91. The maximum absolute atomic E-state index is 12.9. The van der Waals surface area contributed by atoms with Gasteiger partial charge in [0.15, 0.2) is 14.6 Å². The van der Waals surface area contributed by atoms with E-state index in [1.807, 2.05) is 19.9 Å². The Morgan fingerprint density at radius 1 is 1.13 bits per heavy atom. The second kappa shape index (κ2) is 5.45. The molecule has 1 aliphatic rings. The van der Waals surface area contributed by atoms with Gasteiger partial charge in [-0.1, -0.05) is 23.8 Å². The third-order valence-electron chi connectivity index (χ3n) is 4.21. The van der Waals surface area contributed by atoms with Crippen LogP contribution in [0.1, 0.15) is 24.0 Å². The van der Waals surface area contributed by atoms with E-state index in [0.29, 0.717) is 18.7 Å². The minimum atomic E-state index is -3.72. The Morgan fingerprint density at radius 3 is 2.35 bits per heavy atom. The molecule has 0 atom stereocenters. The Hall–Kier alpha value is -2.21. The van der Waals surface area contributed by atoms with Gasteiger partial charge in [0.05, 0.1) is 4.90 Å². The lowest BCUT2D eigenvalue weighted by Crippen LogP contribution is -2.37. The van der Waals surface area contributed by atoms with Crippen LogP contribution in [-0.2, 0) is 14.6 Å². The molecule has 0 aliphatic heterocycles. The Labute approximate surface area is 135 Å². The molecule has 0 spiro atoms. The average Bonchev–Trinajstić information content (AvgIpc) is 3.32. The van der Waals surface area contributed by atoms with Crippen molar-refractivity contribution in [1.29, 1.82) is 0 Å². The van der Waals surface area contributed by atoms with Gasteiger partial charge in [-0.3, -0.25) is 4.79 Å². The van der Waals surface area contributed by atoms with E-state index >= 15 is 0 Å². The number of aromatic nitrogens is 1. The lowest BCUT2D eigenvalue weighted by atomic mass is 10.2. The molecule has 1 saturated carbocycles. The summed E-state index contributed by atoms with van der Waals surface area (Å²) in [6.07, 6.45) is 2.23. The molecule has 1 aromatic carbocycles. The van der Waals surface area contributed by atoms with Crippen molar-refractivity contribution in [3.05, 3.63) is 53.7 Å². The van der Waals surface area contributed by atoms with Crippen LogP contribution in [0.4, 0.5) is 5.82 Å². The Bertz CT molecular complexity index is 854. The van der Waals surface area contributed by atoms with Crippen LogP contribution in [-0.4, -0.2) is 24.1 Å². The van der Waals surface area contributed by atoms with Crippen molar-refractivity contribution in [3.63, 3.8) is 0 Å². The van der Waals surface area contributed by atoms with Crippen LogP contribution in [0.5, 0.6) is 0 Å². The first kappa shape index (κ1) is 15.7. The fourth-order valence-corrected chi connectivity index (χ4v) is 4.39. The van der Waals surface area contributed by atoms with Crippen molar-refractivity contribution < 1.29 is 13.2 Å². The topological polar surface area (TPSA) is 76.1 Å². The molecule has 3 rings (SSSR count). The van der Waals surface area contributed by atoms with E-state index in [2.05, 4.69) is 10.3 Å². The van der Waals surface area contributed by atoms with E-state index < -0.39 is 20.5 Å². The first-order chi connectivity index (χ1) is 10.9. The summed E-state index contributed by atoms with van der Waals surface area (Å²) >= 11 is 0. The number of amides is 1. The lowest BCUT2D eigenvalue weighted by molar-refractivity contribution is -0.116. The van der Waals surface area contributed by atoms with Gasteiger partial charge in [0.25, 0.3) is 0 Å². The normalized spacial score (nSPS) is 15.9. The molecule has 0 unspecified atom stereocenters. The van der Waals surface area contributed by atoms with Crippen LogP contribution < -0.4 is 5.32 Å². The molecule has 0 saturated heterocycles. The van der Waals surface area contributed by atoms with Gasteiger partial charge in [0.1, 0.15) is 5.82 Å². The highest BCUT2D eigenvalue weighted by Crippen LogP contribution is 2.47. The van der Waals surface area contributed by atoms with Crippen LogP contribution >= 0.6 is 0 Å². The van der Waals surface area contributed by atoms with Crippen molar-refractivity contribution in [3.8, 4) is 0 Å². The summed E-state index contributed by atoms with van der Waals surface area (Å²) in [6.45, 7) is 3.70. The highest BCUT2D eigenvalue weighted by molar-refractivity contribution is 7.94. The maximum atomic E-state index is 12.9. The number of aryl methyl sites for hydroxylation is 2. The van der Waals surface area contributed by atoms with Crippen molar-refractivity contribution in [2.24, 2.45) is 0 Å². The number of pyridine rings is 1. The minimum absolute atomic E-state index is 0.188. The van der Waals surface area contributed by atoms with Crippen LogP contribution in [0.15, 0.2) is 47.5 Å². The molecule has 2 aromatic rings. The highest BCUT2D eigenvalue weighted by Gasteiger charge is 2.61. The molecule has 0 bridgehead atoms. The predicted octanol–water partition coefficient (Wildman–Crippen LogP) is 2.64. The largest absolute Gasteiger partial charge is 0.309 e. The Morgan fingerprint density at radius 2 is 1.78 bits per heavy atom. The van der Waals surface area contributed by atoms with Crippen LogP contribution in [0.25, 0.3) is 0 Å². The summed E-state index contributed by atoms with van der Waals surface area (Å²) in [5.41, 5.74) is 1.77. The second-order valence-electron chi connectivity index (χ2n) is 5.93. The predicted molar refractivity (Wildman–Crippen MR) is 87.9 cm³/mol. The first-order valence-electron chi connectivity index (χ1n) is 7.41. The number of rotatable bonds is 4. The molecule has 6 heteroatoms. The molecule has 23 heavy (non-hydrogen) atoms. The van der Waals surface area contributed by atoms with Gasteiger partial charge in [0.2, 0.25) is 5.91 Å². The molecule has 1 heterocycles.